The van der Waals surface area contributed by atoms with Crippen LogP contribution in [0.1, 0.15) is 15.4 Å². The maximum absolute atomic E-state index is 12.0. The molecule has 0 aliphatic carbocycles. The van der Waals surface area contributed by atoms with Crippen molar-refractivity contribution in [3.63, 3.8) is 0 Å². The Morgan fingerprint density at radius 1 is 1.24 bits per heavy atom. The van der Waals surface area contributed by atoms with E-state index in [4.69, 9.17) is 0 Å². The molecule has 0 spiro atoms. The minimum atomic E-state index is -0.151. The van der Waals surface area contributed by atoms with Crippen molar-refractivity contribution in [1.29, 1.82) is 0 Å². The zero-order valence-electron chi connectivity index (χ0n) is 13.7. The van der Waals surface area contributed by atoms with Crippen LogP contribution in [0.4, 0.5) is 5.69 Å². The first kappa shape index (κ1) is 17.4. The van der Waals surface area contributed by atoms with Crippen molar-refractivity contribution < 1.29 is 4.79 Å². The standard InChI is InChI=1S/C19H17N3OS2/c1-14-21-12-18(25-14)8-9-19(23)22-16-4-6-17(7-5-16)24-13-15-3-2-10-20-11-15/h2-12H,13H2,1H3,(H,22,23)/b9-8+. The first-order valence-electron chi connectivity index (χ1n) is 7.72. The van der Waals surface area contributed by atoms with E-state index >= 15 is 0 Å². The van der Waals surface area contributed by atoms with Gasteiger partial charge in [0.1, 0.15) is 0 Å². The summed E-state index contributed by atoms with van der Waals surface area (Å²) < 4.78 is 0. The van der Waals surface area contributed by atoms with E-state index in [1.807, 2.05) is 43.5 Å². The fourth-order valence-electron chi connectivity index (χ4n) is 2.08. The lowest BCUT2D eigenvalue weighted by Gasteiger charge is -2.05. The number of aryl methyl sites for hydroxylation is 1. The van der Waals surface area contributed by atoms with E-state index in [-0.39, 0.29) is 5.91 Å². The van der Waals surface area contributed by atoms with Gasteiger partial charge in [-0.2, -0.15) is 0 Å². The third-order valence-electron chi connectivity index (χ3n) is 3.29. The van der Waals surface area contributed by atoms with Gasteiger partial charge in [-0.3, -0.25) is 9.78 Å². The second-order valence-corrected chi connectivity index (χ2v) is 7.59. The molecule has 0 aliphatic rings. The molecule has 126 valence electrons. The summed E-state index contributed by atoms with van der Waals surface area (Å²) in [5, 5.41) is 3.84. The molecule has 4 nitrogen and oxygen atoms in total. The summed E-state index contributed by atoms with van der Waals surface area (Å²) in [5.74, 6) is 0.720. The number of carbonyl (C=O) groups excluding carboxylic acids is 1. The number of benzene rings is 1. The van der Waals surface area contributed by atoms with Crippen LogP contribution in [-0.2, 0) is 10.5 Å². The van der Waals surface area contributed by atoms with Gasteiger partial charge in [0.25, 0.3) is 0 Å². The predicted molar refractivity (Wildman–Crippen MR) is 105 cm³/mol. The van der Waals surface area contributed by atoms with Gasteiger partial charge >= 0.3 is 0 Å². The number of aromatic nitrogens is 2. The maximum atomic E-state index is 12.0. The molecule has 0 bridgehead atoms. The van der Waals surface area contributed by atoms with Crippen LogP contribution >= 0.6 is 23.1 Å². The number of pyridine rings is 1. The van der Waals surface area contributed by atoms with Crippen LogP contribution in [0.15, 0.2) is 66.0 Å². The van der Waals surface area contributed by atoms with Crippen LogP contribution in [0.3, 0.4) is 0 Å². The summed E-state index contributed by atoms with van der Waals surface area (Å²) >= 11 is 3.30. The number of amides is 1. The van der Waals surface area contributed by atoms with Crippen LogP contribution in [0.2, 0.25) is 0 Å². The molecule has 25 heavy (non-hydrogen) atoms. The third-order valence-corrected chi connectivity index (χ3v) is 5.25. The molecule has 6 heteroatoms. The van der Waals surface area contributed by atoms with Crippen LogP contribution < -0.4 is 5.32 Å². The fourth-order valence-corrected chi connectivity index (χ4v) is 3.60. The molecule has 0 atom stereocenters. The lowest BCUT2D eigenvalue weighted by Crippen LogP contribution is -2.07. The van der Waals surface area contributed by atoms with Gasteiger partial charge in [0, 0.05) is 45.9 Å². The second kappa shape index (κ2) is 8.60. The third kappa shape index (κ3) is 5.55. The summed E-state index contributed by atoms with van der Waals surface area (Å²) in [7, 11) is 0. The molecule has 3 rings (SSSR count). The molecule has 0 saturated heterocycles. The van der Waals surface area contributed by atoms with Crippen molar-refractivity contribution in [2.45, 2.75) is 17.6 Å². The SMILES string of the molecule is Cc1ncc(/C=C/C(=O)Nc2ccc(SCc3cccnc3)cc2)s1. The van der Waals surface area contributed by atoms with E-state index in [2.05, 4.69) is 21.4 Å². The van der Waals surface area contributed by atoms with E-state index in [1.165, 1.54) is 11.6 Å². The highest BCUT2D eigenvalue weighted by atomic mass is 32.2. The Balaban J connectivity index is 1.51. The molecular weight excluding hydrogens is 350 g/mol. The first-order valence-corrected chi connectivity index (χ1v) is 9.52. The number of anilines is 1. The normalized spacial score (nSPS) is 10.9. The minimum absolute atomic E-state index is 0.151. The van der Waals surface area contributed by atoms with Crippen molar-refractivity contribution in [2.75, 3.05) is 5.32 Å². The van der Waals surface area contributed by atoms with Gasteiger partial charge in [-0.1, -0.05) is 6.07 Å². The molecule has 0 radical (unpaired) electrons. The van der Waals surface area contributed by atoms with Gasteiger partial charge in [0.05, 0.1) is 5.01 Å². The molecule has 2 heterocycles. The summed E-state index contributed by atoms with van der Waals surface area (Å²) in [6, 6.07) is 11.8. The van der Waals surface area contributed by atoms with Gasteiger partial charge in [0.15, 0.2) is 0 Å². The number of nitrogens with zero attached hydrogens (tertiary/aromatic N) is 2. The van der Waals surface area contributed by atoms with E-state index < -0.39 is 0 Å². The molecule has 3 aromatic rings. The maximum Gasteiger partial charge on any atom is 0.248 e. The Morgan fingerprint density at radius 2 is 2.08 bits per heavy atom. The minimum Gasteiger partial charge on any atom is -0.323 e. The Hall–Kier alpha value is -2.44. The topological polar surface area (TPSA) is 54.9 Å². The van der Waals surface area contributed by atoms with E-state index in [1.54, 1.807) is 41.6 Å². The number of nitrogens with one attached hydrogen (secondary N) is 1. The molecule has 0 saturated carbocycles. The smallest absolute Gasteiger partial charge is 0.248 e. The van der Waals surface area contributed by atoms with Gasteiger partial charge in [-0.05, 0) is 48.9 Å². The van der Waals surface area contributed by atoms with Crippen LogP contribution in [0, 0.1) is 6.92 Å². The van der Waals surface area contributed by atoms with Gasteiger partial charge in [0.2, 0.25) is 5.91 Å². The number of carbonyl (C=O) groups is 1. The molecule has 1 aromatic carbocycles. The average molecular weight is 367 g/mol. The Bertz CT molecular complexity index is 858. The lowest BCUT2D eigenvalue weighted by molar-refractivity contribution is -0.111. The Labute approximate surface area is 155 Å². The predicted octanol–water partition coefficient (Wildman–Crippen LogP) is 4.79. The number of hydrogen-bond acceptors (Lipinski definition) is 5. The molecule has 0 unspecified atom stereocenters. The van der Waals surface area contributed by atoms with E-state index in [9.17, 15) is 4.79 Å². The highest BCUT2D eigenvalue weighted by Gasteiger charge is 2.01. The largest absolute Gasteiger partial charge is 0.323 e. The number of thiazole rings is 1. The average Bonchev–Trinajstić information content (AvgIpc) is 3.06. The van der Waals surface area contributed by atoms with Crippen molar-refractivity contribution in [3.05, 3.63) is 76.5 Å². The lowest BCUT2D eigenvalue weighted by atomic mass is 10.3. The van der Waals surface area contributed by atoms with Gasteiger partial charge in [-0.25, -0.2) is 4.98 Å². The molecule has 1 N–H and O–H groups in total. The molecule has 2 aromatic heterocycles. The van der Waals surface area contributed by atoms with Crippen molar-refractivity contribution in [1.82, 2.24) is 9.97 Å². The van der Waals surface area contributed by atoms with Crippen LogP contribution in [0.25, 0.3) is 6.08 Å². The zero-order chi connectivity index (χ0) is 17.5. The summed E-state index contributed by atoms with van der Waals surface area (Å²) in [5.41, 5.74) is 1.97. The summed E-state index contributed by atoms with van der Waals surface area (Å²) in [6.45, 7) is 1.94. The van der Waals surface area contributed by atoms with Crippen LogP contribution in [0.5, 0.6) is 0 Å². The van der Waals surface area contributed by atoms with Crippen molar-refractivity contribution >= 4 is 40.8 Å². The van der Waals surface area contributed by atoms with Gasteiger partial charge < -0.3 is 5.32 Å². The Morgan fingerprint density at radius 3 is 2.76 bits per heavy atom. The van der Waals surface area contributed by atoms with E-state index in [0.717, 1.165) is 26.2 Å². The van der Waals surface area contributed by atoms with Crippen molar-refractivity contribution in [2.24, 2.45) is 0 Å². The monoisotopic (exact) mass is 367 g/mol. The zero-order valence-corrected chi connectivity index (χ0v) is 15.3. The molecule has 0 fully saturated rings. The van der Waals surface area contributed by atoms with Crippen LogP contribution in [-0.4, -0.2) is 15.9 Å². The van der Waals surface area contributed by atoms with Gasteiger partial charge in [-0.15, -0.1) is 23.1 Å². The fraction of sp³-hybridized carbons (Fsp3) is 0.105. The number of hydrogen-bond donors (Lipinski definition) is 1. The molecule has 0 aliphatic heterocycles. The highest BCUT2D eigenvalue weighted by molar-refractivity contribution is 7.98. The number of thioether (sulfide) groups is 1. The molecular formula is C19H17N3OS2. The number of rotatable bonds is 6. The second-order valence-electron chi connectivity index (χ2n) is 5.28. The summed E-state index contributed by atoms with van der Waals surface area (Å²) in [6.07, 6.45) is 8.71. The Kier molecular flexibility index (Phi) is 5.98. The summed E-state index contributed by atoms with van der Waals surface area (Å²) in [4.78, 5) is 22.4. The first-order chi connectivity index (χ1) is 12.2. The van der Waals surface area contributed by atoms with E-state index in [0.29, 0.717) is 0 Å². The highest BCUT2D eigenvalue weighted by Crippen LogP contribution is 2.24. The quantitative estimate of drug-likeness (QED) is 0.503. The van der Waals surface area contributed by atoms with Crippen molar-refractivity contribution in [3.8, 4) is 0 Å². The molecule has 1 amide bonds.